The van der Waals surface area contributed by atoms with E-state index in [-0.39, 0.29) is 17.8 Å². The topological polar surface area (TPSA) is 67.2 Å². The minimum absolute atomic E-state index is 0.207. The highest BCUT2D eigenvalue weighted by Crippen LogP contribution is 2.23. The first-order valence-corrected chi connectivity index (χ1v) is 8.79. The fourth-order valence-corrected chi connectivity index (χ4v) is 3.56. The molecule has 0 radical (unpaired) electrons. The first kappa shape index (κ1) is 16.7. The Balaban J connectivity index is 1.65. The summed E-state index contributed by atoms with van der Waals surface area (Å²) in [6.07, 6.45) is 5.36. The maximum Gasteiger partial charge on any atom is 0.255 e. The first-order valence-electron chi connectivity index (χ1n) is 8.79. The molecule has 5 nitrogen and oxygen atoms in total. The Labute approximate surface area is 150 Å². The Morgan fingerprint density at radius 3 is 2.81 bits per heavy atom. The van der Waals surface area contributed by atoms with Gasteiger partial charge in [0.1, 0.15) is 11.3 Å². The fourth-order valence-electron chi connectivity index (χ4n) is 3.56. The third-order valence-corrected chi connectivity index (χ3v) is 4.94. The number of carbonyl (C=O) groups is 1. The number of aliphatic hydroxyl groups is 1. The number of pyridine rings is 1. The average molecular weight is 353 g/mol. The summed E-state index contributed by atoms with van der Waals surface area (Å²) in [5.74, 6) is -0.500. The van der Waals surface area contributed by atoms with E-state index >= 15 is 0 Å². The van der Waals surface area contributed by atoms with Crippen LogP contribution in [0.15, 0.2) is 48.8 Å². The lowest BCUT2D eigenvalue weighted by Gasteiger charge is -2.15. The van der Waals surface area contributed by atoms with E-state index in [1.807, 2.05) is 16.7 Å². The summed E-state index contributed by atoms with van der Waals surface area (Å²) >= 11 is 0. The zero-order valence-corrected chi connectivity index (χ0v) is 14.2. The van der Waals surface area contributed by atoms with Crippen molar-refractivity contribution >= 4 is 16.9 Å². The van der Waals surface area contributed by atoms with Gasteiger partial charge in [-0.1, -0.05) is 12.1 Å². The number of hydrogen-bond acceptors (Lipinski definition) is 3. The maximum absolute atomic E-state index is 13.1. The van der Waals surface area contributed by atoms with E-state index < -0.39 is 6.10 Å². The predicted octanol–water partition coefficient (Wildman–Crippen LogP) is 2.87. The summed E-state index contributed by atoms with van der Waals surface area (Å²) in [6, 6.07) is 9.83. The van der Waals surface area contributed by atoms with E-state index in [4.69, 9.17) is 0 Å². The van der Waals surface area contributed by atoms with Gasteiger partial charge in [-0.15, -0.1) is 0 Å². The molecule has 6 heteroatoms. The molecule has 2 unspecified atom stereocenters. The van der Waals surface area contributed by atoms with E-state index in [2.05, 4.69) is 10.3 Å². The van der Waals surface area contributed by atoms with Gasteiger partial charge < -0.3 is 15.0 Å². The summed E-state index contributed by atoms with van der Waals surface area (Å²) in [4.78, 5) is 17.1. The molecule has 134 valence electrons. The monoisotopic (exact) mass is 353 g/mol. The van der Waals surface area contributed by atoms with Crippen molar-refractivity contribution in [3.05, 3.63) is 65.7 Å². The van der Waals surface area contributed by atoms with Crippen molar-refractivity contribution in [2.45, 2.75) is 38.0 Å². The Hall–Kier alpha value is -2.73. The van der Waals surface area contributed by atoms with Crippen LogP contribution in [0.25, 0.3) is 11.0 Å². The molecular formula is C20H20FN3O2. The summed E-state index contributed by atoms with van der Waals surface area (Å²) in [7, 11) is 0. The van der Waals surface area contributed by atoms with Crippen LogP contribution in [-0.2, 0) is 6.54 Å². The van der Waals surface area contributed by atoms with Gasteiger partial charge in [-0.2, -0.15) is 0 Å². The standard InChI is InChI=1S/C20H20FN3O2/c21-14-8-6-13(7-9-14)11-24-12-15(19-17(24)4-2-10-22-19)20(26)23-16-3-1-5-18(16)25/h2,4,6-10,12,16,18,25H,1,3,5,11H2,(H,23,26). The number of rotatable bonds is 4. The second kappa shape index (κ2) is 6.88. The number of halogens is 1. The first-order chi connectivity index (χ1) is 12.6. The summed E-state index contributed by atoms with van der Waals surface area (Å²) in [5, 5.41) is 12.9. The van der Waals surface area contributed by atoms with Crippen molar-refractivity contribution in [2.75, 3.05) is 0 Å². The molecule has 26 heavy (non-hydrogen) atoms. The van der Waals surface area contributed by atoms with Crippen molar-refractivity contribution in [3.63, 3.8) is 0 Å². The van der Waals surface area contributed by atoms with Crippen LogP contribution in [0.2, 0.25) is 0 Å². The van der Waals surface area contributed by atoms with Gasteiger partial charge in [-0.05, 0) is 49.1 Å². The van der Waals surface area contributed by atoms with Crippen LogP contribution >= 0.6 is 0 Å². The average Bonchev–Trinajstić information content (AvgIpc) is 3.21. The van der Waals surface area contributed by atoms with Gasteiger partial charge in [0.05, 0.1) is 23.2 Å². The van der Waals surface area contributed by atoms with Crippen LogP contribution in [0.4, 0.5) is 4.39 Å². The normalized spacial score (nSPS) is 19.8. The Bertz CT molecular complexity index is 936. The van der Waals surface area contributed by atoms with Crippen molar-refractivity contribution < 1.29 is 14.3 Å². The number of fused-ring (bicyclic) bond motifs is 1. The van der Waals surface area contributed by atoms with Crippen LogP contribution in [-0.4, -0.2) is 32.7 Å². The van der Waals surface area contributed by atoms with Gasteiger partial charge in [0, 0.05) is 18.9 Å². The number of amides is 1. The van der Waals surface area contributed by atoms with Crippen LogP contribution in [0, 0.1) is 5.82 Å². The summed E-state index contributed by atoms with van der Waals surface area (Å²) < 4.78 is 15.1. The van der Waals surface area contributed by atoms with Gasteiger partial charge in [0.15, 0.2) is 0 Å². The molecular weight excluding hydrogens is 333 g/mol. The van der Waals surface area contributed by atoms with E-state index in [0.717, 1.165) is 30.3 Å². The fraction of sp³-hybridized carbons (Fsp3) is 0.300. The molecule has 2 heterocycles. The molecule has 2 N–H and O–H groups in total. The maximum atomic E-state index is 13.1. The second-order valence-electron chi connectivity index (χ2n) is 6.75. The minimum atomic E-state index is -0.487. The smallest absolute Gasteiger partial charge is 0.255 e. The highest BCUT2D eigenvalue weighted by Gasteiger charge is 2.28. The molecule has 2 atom stereocenters. The van der Waals surface area contributed by atoms with Gasteiger partial charge >= 0.3 is 0 Å². The molecule has 3 aromatic rings. The second-order valence-corrected chi connectivity index (χ2v) is 6.75. The lowest BCUT2D eigenvalue weighted by Crippen LogP contribution is -2.39. The molecule has 4 rings (SSSR count). The molecule has 1 amide bonds. The molecule has 1 aromatic carbocycles. The zero-order valence-electron chi connectivity index (χ0n) is 14.2. The largest absolute Gasteiger partial charge is 0.391 e. The quantitative estimate of drug-likeness (QED) is 0.758. The highest BCUT2D eigenvalue weighted by atomic mass is 19.1. The van der Waals surface area contributed by atoms with Gasteiger partial charge in [0.2, 0.25) is 0 Å². The number of hydrogen-bond donors (Lipinski definition) is 2. The van der Waals surface area contributed by atoms with Crippen molar-refractivity contribution in [2.24, 2.45) is 0 Å². The molecule has 2 aromatic heterocycles. The van der Waals surface area contributed by atoms with Gasteiger partial charge in [-0.3, -0.25) is 9.78 Å². The summed E-state index contributed by atoms with van der Waals surface area (Å²) in [6.45, 7) is 0.516. The number of aliphatic hydroxyl groups excluding tert-OH is 1. The number of benzene rings is 1. The highest BCUT2D eigenvalue weighted by molar-refractivity contribution is 6.05. The summed E-state index contributed by atoms with van der Waals surface area (Å²) in [5.41, 5.74) is 2.89. The SMILES string of the molecule is O=C(NC1CCCC1O)c1cn(Cc2ccc(F)cc2)c2cccnc12. The van der Waals surface area contributed by atoms with E-state index in [0.29, 0.717) is 17.6 Å². The Kier molecular flexibility index (Phi) is 4.42. The Morgan fingerprint density at radius 2 is 2.08 bits per heavy atom. The lowest BCUT2D eigenvalue weighted by molar-refractivity contribution is 0.0874. The van der Waals surface area contributed by atoms with Crippen LogP contribution in [0.5, 0.6) is 0 Å². The molecule has 0 bridgehead atoms. The van der Waals surface area contributed by atoms with Crippen LogP contribution < -0.4 is 5.32 Å². The van der Waals surface area contributed by atoms with Crippen molar-refractivity contribution in [1.29, 1.82) is 0 Å². The third-order valence-electron chi connectivity index (χ3n) is 4.94. The van der Waals surface area contributed by atoms with Gasteiger partial charge in [-0.25, -0.2) is 4.39 Å². The molecule has 0 aliphatic heterocycles. The number of carbonyl (C=O) groups excluding carboxylic acids is 1. The molecule has 1 aliphatic carbocycles. The van der Waals surface area contributed by atoms with Crippen LogP contribution in [0.1, 0.15) is 35.2 Å². The Morgan fingerprint density at radius 1 is 1.27 bits per heavy atom. The number of nitrogens with zero attached hydrogens (tertiary/aromatic N) is 2. The van der Waals surface area contributed by atoms with Crippen LogP contribution in [0.3, 0.4) is 0 Å². The van der Waals surface area contributed by atoms with Crippen molar-refractivity contribution in [3.8, 4) is 0 Å². The third kappa shape index (κ3) is 3.20. The molecule has 1 aliphatic rings. The van der Waals surface area contributed by atoms with E-state index in [1.165, 1.54) is 12.1 Å². The number of aromatic nitrogens is 2. The predicted molar refractivity (Wildman–Crippen MR) is 96.3 cm³/mol. The lowest BCUT2D eigenvalue weighted by atomic mass is 10.2. The van der Waals surface area contributed by atoms with Gasteiger partial charge in [0.25, 0.3) is 5.91 Å². The molecule has 1 fully saturated rings. The van der Waals surface area contributed by atoms with E-state index in [1.54, 1.807) is 24.5 Å². The van der Waals surface area contributed by atoms with E-state index in [9.17, 15) is 14.3 Å². The molecule has 0 spiro atoms. The minimum Gasteiger partial charge on any atom is -0.391 e. The number of nitrogens with one attached hydrogen (secondary N) is 1. The molecule has 0 saturated heterocycles. The molecule has 1 saturated carbocycles. The zero-order chi connectivity index (χ0) is 18.1. The van der Waals surface area contributed by atoms with Crippen molar-refractivity contribution in [1.82, 2.24) is 14.9 Å².